The Bertz CT molecular complexity index is 648. The lowest BCUT2D eigenvalue weighted by Gasteiger charge is -2.09. The van der Waals surface area contributed by atoms with Crippen LogP contribution in [0.15, 0.2) is 29.6 Å². The summed E-state index contributed by atoms with van der Waals surface area (Å²) in [5.74, 6) is 0.811. The van der Waals surface area contributed by atoms with E-state index < -0.39 is 0 Å². The van der Waals surface area contributed by atoms with Gasteiger partial charge in [-0.3, -0.25) is 4.79 Å². The Morgan fingerprint density at radius 3 is 2.96 bits per heavy atom. The molecule has 1 N–H and O–H groups in total. The number of methoxy groups -OCH3 is 1. The van der Waals surface area contributed by atoms with Gasteiger partial charge in [-0.15, -0.1) is 11.3 Å². The molecule has 1 aliphatic rings. The van der Waals surface area contributed by atoms with E-state index in [2.05, 4.69) is 10.3 Å². The van der Waals surface area contributed by atoms with Crippen molar-refractivity contribution < 1.29 is 14.3 Å². The van der Waals surface area contributed by atoms with Gasteiger partial charge in [0.2, 0.25) is 5.91 Å². The number of rotatable bonds is 6. The van der Waals surface area contributed by atoms with E-state index in [-0.39, 0.29) is 12.0 Å². The molecule has 122 valence electrons. The molecule has 2 aromatic rings. The van der Waals surface area contributed by atoms with Crippen molar-refractivity contribution >= 4 is 17.2 Å². The molecule has 1 fully saturated rings. The van der Waals surface area contributed by atoms with Crippen LogP contribution in [-0.2, 0) is 16.0 Å². The Morgan fingerprint density at radius 1 is 1.43 bits per heavy atom. The average Bonchev–Trinajstić information content (AvgIpc) is 3.25. The first-order valence-electron chi connectivity index (χ1n) is 7.72. The van der Waals surface area contributed by atoms with Crippen LogP contribution < -0.4 is 10.1 Å². The standard InChI is InChI=1S/C17H20N2O3S/c1-21-14-6-4-12(5-7-14)17-19-13(11-23-17)9-16(20)18-10-15-3-2-8-22-15/h4-7,11,15H,2-3,8-10H2,1H3,(H,18,20). The SMILES string of the molecule is COc1ccc(-c2nc(CC(=O)NCC3CCCO3)cs2)cc1. The van der Waals surface area contributed by atoms with Crippen molar-refractivity contribution in [3.63, 3.8) is 0 Å². The third-order valence-electron chi connectivity index (χ3n) is 3.78. The Morgan fingerprint density at radius 2 is 2.26 bits per heavy atom. The molecule has 0 spiro atoms. The van der Waals surface area contributed by atoms with Gasteiger partial charge in [0.1, 0.15) is 10.8 Å². The average molecular weight is 332 g/mol. The molecule has 5 nitrogen and oxygen atoms in total. The van der Waals surface area contributed by atoms with Crippen LogP contribution in [0.5, 0.6) is 5.75 Å². The second-order valence-electron chi connectivity index (χ2n) is 5.49. The van der Waals surface area contributed by atoms with Crippen LogP contribution in [0.1, 0.15) is 18.5 Å². The van der Waals surface area contributed by atoms with Crippen molar-refractivity contribution in [2.24, 2.45) is 0 Å². The number of nitrogens with one attached hydrogen (secondary N) is 1. The molecule has 1 aromatic heterocycles. The van der Waals surface area contributed by atoms with Crippen LogP contribution >= 0.6 is 11.3 Å². The number of hydrogen-bond donors (Lipinski definition) is 1. The maximum Gasteiger partial charge on any atom is 0.226 e. The second kappa shape index (κ2) is 7.57. The molecular formula is C17H20N2O3S. The molecule has 23 heavy (non-hydrogen) atoms. The zero-order valence-electron chi connectivity index (χ0n) is 13.1. The minimum absolute atomic E-state index is 0.00733. The minimum Gasteiger partial charge on any atom is -0.497 e. The molecule has 1 saturated heterocycles. The molecule has 1 atom stereocenters. The van der Waals surface area contributed by atoms with Crippen LogP contribution in [0, 0.1) is 0 Å². The minimum atomic E-state index is -0.00733. The van der Waals surface area contributed by atoms with Gasteiger partial charge >= 0.3 is 0 Å². The molecule has 0 saturated carbocycles. The second-order valence-corrected chi connectivity index (χ2v) is 6.35. The lowest BCUT2D eigenvalue weighted by molar-refractivity contribution is -0.121. The van der Waals surface area contributed by atoms with Crippen molar-refractivity contribution in [3.05, 3.63) is 35.3 Å². The van der Waals surface area contributed by atoms with Crippen molar-refractivity contribution in [2.75, 3.05) is 20.3 Å². The van der Waals surface area contributed by atoms with Gasteiger partial charge in [-0.05, 0) is 37.1 Å². The van der Waals surface area contributed by atoms with E-state index in [9.17, 15) is 4.79 Å². The van der Waals surface area contributed by atoms with Gasteiger partial charge < -0.3 is 14.8 Å². The van der Waals surface area contributed by atoms with Crippen molar-refractivity contribution in [1.29, 1.82) is 0 Å². The Kier molecular flexibility index (Phi) is 5.25. The van der Waals surface area contributed by atoms with E-state index >= 15 is 0 Å². The predicted octanol–water partition coefficient (Wildman–Crippen LogP) is 2.66. The molecule has 1 amide bonds. The van der Waals surface area contributed by atoms with Crippen LogP contribution in [0.2, 0.25) is 0 Å². The lowest BCUT2D eigenvalue weighted by Crippen LogP contribution is -2.32. The summed E-state index contributed by atoms with van der Waals surface area (Å²) in [5, 5.41) is 5.77. The van der Waals surface area contributed by atoms with Gasteiger partial charge in [0, 0.05) is 24.1 Å². The fraction of sp³-hybridized carbons (Fsp3) is 0.412. The third kappa shape index (κ3) is 4.30. The monoisotopic (exact) mass is 332 g/mol. The number of aromatic nitrogens is 1. The molecule has 1 unspecified atom stereocenters. The molecule has 2 heterocycles. The number of thiazole rings is 1. The highest BCUT2D eigenvalue weighted by Gasteiger charge is 2.16. The number of benzene rings is 1. The van der Waals surface area contributed by atoms with Gasteiger partial charge in [-0.25, -0.2) is 4.98 Å². The molecule has 0 radical (unpaired) electrons. The normalized spacial score (nSPS) is 17.2. The van der Waals surface area contributed by atoms with E-state index in [0.29, 0.717) is 13.0 Å². The van der Waals surface area contributed by atoms with Gasteiger partial charge in [0.15, 0.2) is 0 Å². The first-order valence-corrected chi connectivity index (χ1v) is 8.59. The fourth-order valence-corrected chi connectivity index (χ4v) is 3.34. The van der Waals surface area contributed by atoms with Gasteiger partial charge in [-0.1, -0.05) is 0 Å². The summed E-state index contributed by atoms with van der Waals surface area (Å²) in [6.45, 7) is 1.39. The van der Waals surface area contributed by atoms with Crippen LogP contribution in [0.25, 0.3) is 10.6 Å². The summed E-state index contributed by atoms with van der Waals surface area (Å²) >= 11 is 1.54. The summed E-state index contributed by atoms with van der Waals surface area (Å²) in [4.78, 5) is 16.5. The quantitative estimate of drug-likeness (QED) is 0.883. The number of nitrogens with zero attached hydrogens (tertiary/aromatic N) is 1. The van der Waals surface area contributed by atoms with Crippen LogP contribution in [0.3, 0.4) is 0 Å². The summed E-state index contributed by atoms with van der Waals surface area (Å²) in [7, 11) is 1.64. The highest BCUT2D eigenvalue weighted by Crippen LogP contribution is 2.25. The maximum absolute atomic E-state index is 12.0. The highest BCUT2D eigenvalue weighted by molar-refractivity contribution is 7.13. The van der Waals surface area contributed by atoms with Crippen molar-refractivity contribution in [2.45, 2.75) is 25.4 Å². The molecule has 0 aliphatic carbocycles. The van der Waals surface area contributed by atoms with E-state index in [1.54, 1.807) is 18.4 Å². The van der Waals surface area contributed by atoms with Crippen LogP contribution in [-0.4, -0.2) is 37.3 Å². The molecule has 1 aromatic carbocycles. The highest BCUT2D eigenvalue weighted by atomic mass is 32.1. The number of hydrogen-bond acceptors (Lipinski definition) is 5. The van der Waals surface area contributed by atoms with Gasteiger partial charge in [0.25, 0.3) is 0 Å². The largest absolute Gasteiger partial charge is 0.497 e. The Labute approximate surface area is 139 Å². The van der Waals surface area contributed by atoms with Gasteiger partial charge in [0.05, 0.1) is 25.3 Å². The molecule has 6 heteroatoms. The number of amides is 1. The third-order valence-corrected chi connectivity index (χ3v) is 4.72. The Hall–Kier alpha value is -1.92. The number of ether oxygens (including phenoxy) is 2. The van der Waals surface area contributed by atoms with E-state index in [4.69, 9.17) is 9.47 Å². The smallest absolute Gasteiger partial charge is 0.226 e. The van der Waals surface area contributed by atoms with Crippen LogP contribution in [0.4, 0.5) is 0 Å². The number of carbonyl (C=O) groups is 1. The summed E-state index contributed by atoms with van der Waals surface area (Å²) < 4.78 is 10.6. The van der Waals surface area contributed by atoms with Crippen molar-refractivity contribution in [1.82, 2.24) is 10.3 Å². The van der Waals surface area contributed by atoms with E-state index in [0.717, 1.165) is 41.5 Å². The fourth-order valence-electron chi connectivity index (χ4n) is 2.51. The van der Waals surface area contributed by atoms with Gasteiger partial charge in [-0.2, -0.15) is 0 Å². The molecule has 0 bridgehead atoms. The topological polar surface area (TPSA) is 60.5 Å². The first kappa shape index (κ1) is 16.0. The zero-order valence-corrected chi connectivity index (χ0v) is 13.9. The summed E-state index contributed by atoms with van der Waals surface area (Å²) in [6, 6.07) is 7.76. The molecule has 1 aliphatic heterocycles. The molecular weight excluding hydrogens is 312 g/mol. The Balaban J connectivity index is 1.54. The van der Waals surface area contributed by atoms with E-state index in [1.807, 2.05) is 29.6 Å². The predicted molar refractivity (Wildman–Crippen MR) is 89.8 cm³/mol. The molecule has 3 rings (SSSR count). The van der Waals surface area contributed by atoms with Crippen molar-refractivity contribution in [3.8, 4) is 16.3 Å². The summed E-state index contributed by atoms with van der Waals surface area (Å²) in [6.07, 6.45) is 2.58. The zero-order chi connectivity index (χ0) is 16.1. The lowest BCUT2D eigenvalue weighted by atomic mass is 10.2. The first-order chi connectivity index (χ1) is 11.2. The summed E-state index contributed by atoms with van der Waals surface area (Å²) in [5.41, 5.74) is 1.83. The maximum atomic E-state index is 12.0. The van der Waals surface area contributed by atoms with E-state index in [1.165, 1.54) is 0 Å². The number of carbonyl (C=O) groups excluding carboxylic acids is 1.